The van der Waals surface area contributed by atoms with Gasteiger partial charge in [0.05, 0.1) is 7.11 Å². The molecule has 1 unspecified atom stereocenters. The molecule has 1 aliphatic rings. The first-order chi connectivity index (χ1) is 9.60. The van der Waals surface area contributed by atoms with Gasteiger partial charge in [-0.05, 0) is 56.0 Å². The van der Waals surface area contributed by atoms with Crippen molar-refractivity contribution in [3.63, 3.8) is 0 Å². The van der Waals surface area contributed by atoms with Gasteiger partial charge in [-0.3, -0.25) is 0 Å². The van der Waals surface area contributed by atoms with Gasteiger partial charge in [-0.1, -0.05) is 24.6 Å². The summed E-state index contributed by atoms with van der Waals surface area (Å²) in [6.07, 6.45) is 5.07. The Morgan fingerprint density at radius 1 is 1.35 bits per heavy atom. The zero-order valence-electron chi connectivity index (χ0n) is 12.9. The van der Waals surface area contributed by atoms with Crippen LogP contribution in [-0.4, -0.2) is 37.4 Å². The van der Waals surface area contributed by atoms with E-state index in [0.717, 1.165) is 24.5 Å². The fourth-order valence-corrected chi connectivity index (χ4v) is 3.49. The zero-order chi connectivity index (χ0) is 14.6. The molecule has 3 heteroatoms. The molecular weight excluding hydrogens is 266 g/mol. The number of rotatable bonds is 7. The van der Waals surface area contributed by atoms with Gasteiger partial charge in [0.15, 0.2) is 0 Å². The molecule has 1 aromatic carbocycles. The van der Waals surface area contributed by atoms with E-state index in [2.05, 4.69) is 43.6 Å². The first-order valence-corrected chi connectivity index (χ1v) is 8.16. The lowest BCUT2D eigenvalue weighted by Gasteiger charge is -2.44. The third-order valence-corrected chi connectivity index (χ3v) is 5.47. The van der Waals surface area contributed by atoms with Crippen LogP contribution in [0.4, 0.5) is 0 Å². The maximum absolute atomic E-state index is 5.45. The highest BCUT2D eigenvalue weighted by Crippen LogP contribution is 2.42. The molecule has 1 atom stereocenters. The molecule has 0 bridgehead atoms. The van der Waals surface area contributed by atoms with Crippen molar-refractivity contribution < 1.29 is 4.74 Å². The van der Waals surface area contributed by atoms with Crippen LogP contribution in [0.3, 0.4) is 0 Å². The van der Waals surface area contributed by atoms with Crippen LogP contribution in [0.25, 0.3) is 0 Å². The quantitative estimate of drug-likeness (QED) is 0.770. The number of benzene rings is 1. The van der Waals surface area contributed by atoms with Gasteiger partial charge >= 0.3 is 0 Å². The van der Waals surface area contributed by atoms with Gasteiger partial charge in [-0.25, -0.2) is 0 Å². The molecule has 0 amide bonds. The lowest BCUT2D eigenvalue weighted by molar-refractivity contribution is 0.0854. The van der Waals surface area contributed by atoms with Gasteiger partial charge < -0.3 is 9.64 Å². The zero-order valence-corrected chi connectivity index (χ0v) is 13.8. The Bertz CT molecular complexity index is 425. The highest BCUT2D eigenvalue weighted by molar-refractivity contribution is 7.80. The molecule has 1 fully saturated rings. The summed E-state index contributed by atoms with van der Waals surface area (Å²) in [5, 5.41) is 0. The summed E-state index contributed by atoms with van der Waals surface area (Å²) in [6, 6.07) is 8.85. The number of likely N-dealkylation sites (N-methyl/N-ethyl adjacent to an activating group) is 1. The summed E-state index contributed by atoms with van der Waals surface area (Å²) in [5.74, 6) is 2.01. The van der Waals surface area contributed by atoms with Gasteiger partial charge in [0.25, 0.3) is 0 Å². The lowest BCUT2D eigenvalue weighted by Crippen LogP contribution is -2.45. The van der Waals surface area contributed by atoms with Crippen molar-refractivity contribution in [2.75, 3.05) is 26.5 Å². The van der Waals surface area contributed by atoms with Crippen LogP contribution in [0.15, 0.2) is 24.3 Å². The monoisotopic (exact) mass is 293 g/mol. The highest BCUT2D eigenvalue weighted by atomic mass is 32.1. The Morgan fingerprint density at radius 3 is 2.60 bits per heavy atom. The number of methoxy groups -OCH3 is 1. The maximum atomic E-state index is 5.45. The summed E-state index contributed by atoms with van der Waals surface area (Å²) in [4.78, 5) is 2.49. The number of para-hydroxylation sites is 1. The molecule has 0 saturated heterocycles. The molecule has 2 rings (SSSR count). The van der Waals surface area contributed by atoms with Crippen molar-refractivity contribution in [1.29, 1.82) is 0 Å². The predicted octanol–water partition coefficient (Wildman–Crippen LogP) is 3.66. The van der Waals surface area contributed by atoms with Gasteiger partial charge in [-0.15, -0.1) is 0 Å². The molecule has 0 radical (unpaired) electrons. The van der Waals surface area contributed by atoms with Crippen LogP contribution in [0, 0.1) is 5.41 Å². The number of hydrogen-bond acceptors (Lipinski definition) is 3. The minimum atomic E-state index is 0.465. The van der Waals surface area contributed by atoms with E-state index in [9.17, 15) is 0 Å². The molecule has 20 heavy (non-hydrogen) atoms. The van der Waals surface area contributed by atoms with E-state index in [1.54, 1.807) is 7.11 Å². The minimum absolute atomic E-state index is 0.465. The molecule has 1 saturated carbocycles. The van der Waals surface area contributed by atoms with Gasteiger partial charge in [0.2, 0.25) is 0 Å². The van der Waals surface area contributed by atoms with E-state index >= 15 is 0 Å². The van der Waals surface area contributed by atoms with Crippen molar-refractivity contribution in [2.45, 2.75) is 38.6 Å². The largest absolute Gasteiger partial charge is 0.496 e. The van der Waals surface area contributed by atoms with Crippen LogP contribution >= 0.6 is 12.6 Å². The second-order valence-corrected chi connectivity index (χ2v) is 6.61. The van der Waals surface area contributed by atoms with E-state index < -0.39 is 0 Å². The van der Waals surface area contributed by atoms with Crippen molar-refractivity contribution in [3.05, 3.63) is 29.8 Å². The van der Waals surface area contributed by atoms with E-state index in [4.69, 9.17) is 4.74 Å². The minimum Gasteiger partial charge on any atom is -0.496 e. The van der Waals surface area contributed by atoms with Crippen LogP contribution in [0.1, 0.15) is 31.7 Å². The topological polar surface area (TPSA) is 12.5 Å². The number of nitrogens with zero attached hydrogens (tertiary/aromatic N) is 1. The van der Waals surface area contributed by atoms with Crippen LogP contribution in [0.5, 0.6) is 5.75 Å². The van der Waals surface area contributed by atoms with Crippen molar-refractivity contribution in [2.24, 2.45) is 5.41 Å². The predicted molar refractivity (Wildman–Crippen MR) is 88.9 cm³/mol. The Balaban J connectivity index is 1.95. The fraction of sp³-hybridized carbons (Fsp3) is 0.647. The average molecular weight is 293 g/mol. The van der Waals surface area contributed by atoms with E-state index in [1.807, 2.05) is 12.1 Å². The number of ether oxygens (including phenoxy) is 1. The Kier molecular flexibility index (Phi) is 5.39. The molecule has 112 valence electrons. The summed E-state index contributed by atoms with van der Waals surface area (Å²) >= 11 is 4.56. The molecule has 0 N–H and O–H groups in total. The number of thiol groups is 1. The molecule has 1 aromatic rings. The second kappa shape index (κ2) is 6.86. The van der Waals surface area contributed by atoms with Crippen LogP contribution in [-0.2, 0) is 6.42 Å². The summed E-state index contributed by atoms with van der Waals surface area (Å²) in [6.45, 7) is 3.46. The fourth-order valence-electron chi connectivity index (χ4n) is 3.07. The Hall–Kier alpha value is -0.670. The summed E-state index contributed by atoms with van der Waals surface area (Å²) in [5.41, 5.74) is 1.76. The van der Waals surface area contributed by atoms with E-state index in [-0.39, 0.29) is 0 Å². The third kappa shape index (κ3) is 3.50. The van der Waals surface area contributed by atoms with Gasteiger partial charge in [0, 0.05) is 12.6 Å². The van der Waals surface area contributed by atoms with E-state index in [0.29, 0.717) is 11.5 Å². The first-order valence-electron chi connectivity index (χ1n) is 7.53. The molecule has 1 aliphatic carbocycles. The van der Waals surface area contributed by atoms with Gasteiger partial charge in [0.1, 0.15) is 5.75 Å². The van der Waals surface area contributed by atoms with Crippen LogP contribution in [0.2, 0.25) is 0 Å². The first kappa shape index (κ1) is 15.7. The van der Waals surface area contributed by atoms with E-state index in [1.165, 1.54) is 24.8 Å². The summed E-state index contributed by atoms with van der Waals surface area (Å²) < 4.78 is 5.45. The molecule has 0 aromatic heterocycles. The Morgan fingerprint density at radius 2 is 2.05 bits per heavy atom. The van der Waals surface area contributed by atoms with Crippen LogP contribution < -0.4 is 4.74 Å². The molecular formula is C17H27NOS. The lowest BCUT2D eigenvalue weighted by atomic mass is 9.70. The second-order valence-electron chi connectivity index (χ2n) is 6.29. The smallest absolute Gasteiger partial charge is 0.122 e. The molecule has 0 heterocycles. The molecule has 0 aliphatic heterocycles. The number of hydrogen-bond donors (Lipinski definition) is 1. The van der Waals surface area contributed by atoms with Gasteiger partial charge in [-0.2, -0.15) is 12.6 Å². The highest BCUT2D eigenvalue weighted by Gasteiger charge is 2.37. The average Bonchev–Trinajstić information content (AvgIpc) is 2.43. The van der Waals surface area contributed by atoms with Crippen molar-refractivity contribution >= 4 is 12.6 Å². The molecule has 2 nitrogen and oxygen atoms in total. The summed E-state index contributed by atoms with van der Waals surface area (Å²) in [7, 11) is 3.99. The third-order valence-electron chi connectivity index (χ3n) is 4.79. The normalized spacial score (nSPS) is 18.6. The molecule has 0 spiro atoms. The standard InChI is InChI=1S/C17H27NOS/c1-14(11-15-7-4-5-8-16(15)19-3)18(2)12-17(13-20)9-6-10-17/h4-5,7-8,14,20H,6,9-13H2,1-3H3. The Labute approximate surface area is 128 Å². The van der Waals surface area contributed by atoms with Crippen molar-refractivity contribution in [1.82, 2.24) is 4.90 Å². The maximum Gasteiger partial charge on any atom is 0.122 e. The SMILES string of the molecule is COc1ccccc1CC(C)N(C)CC1(CS)CCC1. The van der Waals surface area contributed by atoms with Crippen molar-refractivity contribution in [3.8, 4) is 5.75 Å².